The summed E-state index contributed by atoms with van der Waals surface area (Å²) < 4.78 is 1.18. The third-order valence-electron chi connectivity index (χ3n) is 4.66. The number of nitrogens with zero attached hydrogens (tertiary/aromatic N) is 2. The van der Waals surface area contributed by atoms with Crippen molar-refractivity contribution in [3.05, 3.63) is 58.1 Å². The van der Waals surface area contributed by atoms with E-state index in [1.807, 2.05) is 44.0 Å². The molecule has 136 valence electrons. The van der Waals surface area contributed by atoms with Crippen LogP contribution in [-0.4, -0.2) is 29.4 Å². The maximum Gasteiger partial charge on any atom is 0.238 e. The number of aryl methyl sites for hydroxylation is 3. The zero-order valence-electron chi connectivity index (χ0n) is 16.0. The summed E-state index contributed by atoms with van der Waals surface area (Å²) >= 11 is 1.69. The predicted molar refractivity (Wildman–Crippen MR) is 110 cm³/mol. The molecule has 26 heavy (non-hydrogen) atoms. The molecule has 4 nitrogen and oxygen atoms in total. The molecule has 0 bridgehead atoms. The Morgan fingerprint density at radius 1 is 1.19 bits per heavy atom. The van der Waals surface area contributed by atoms with Gasteiger partial charge in [-0.15, -0.1) is 11.3 Å². The van der Waals surface area contributed by atoms with Crippen molar-refractivity contribution in [2.45, 2.75) is 33.7 Å². The molecule has 0 spiro atoms. The summed E-state index contributed by atoms with van der Waals surface area (Å²) in [6, 6.07) is 12.4. The average molecular weight is 368 g/mol. The first kappa shape index (κ1) is 18.5. The Morgan fingerprint density at radius 3 is 2.50 bits per heavy atom. The van der Waals surface area contributed by atoms with Crippen molar-refractivity contribution in [3.8, 4) is 0 Å². The van der Waals surface area contributed by atoms with Crippen LogP contribution in [0.5, 0.6) is 0 Å². The molecule has 0 saturated carbocycles. The predicted octanol–water partition coefficient (Wildman–Crippen LogP) is 4.85. The Labute approximate surface area is 158 Å². The molecule has 1 heterocycles. The van der Waals surface area contributed by atoms with Gasteiger partial charge in [0.25, 0.3) is 0 Å². The molecule has 0 radical (unpaired) electrons. The highest BCUT2D eigenvalue weighted by molar-refractivity contribution is 7.18. The van der Waals surface area contributed by atoms with Crippen LogP contribution in [0.3, 0.4) is 0 Å². The number of thiazole rings is 1. The number of hydrogen-bond donors (Lipinski definition) is 1. The molecular formula is C21H25N3OS. The van der Waals surface area contributed by atoms with Gasteiger partial charge in [0.1, 0.15) is 5.01 Å². The van der Waals surface area contributed by atoms with Crippen LogP contribution < -0.4 is 5.32 Å². The Kier molecular flexibility index (Phi) is 5.39. The minimum absolute atomic E-state index is 0.00415. The number of anilines is 1. The fourth-order valence-corrected chi connectivity index (χ4v) is 4.26. The third-order valence-corrected chi connectivity index (χ3v) is 5.87. The first-order chi connectivity index (χ1) is 12.3. The summed E-state index contributed by atoms with van der Waals surface area (Å²) in [6.45, 7) is 8.54. The molecule has 0 fully saturated rings. The van der Waals surface area contributed by atoms with Crippen LogP contribution >= 0.6 is 11.3 Å². The van der Waals surface area contributed by atoms with Crippen LogP contribution in [0, 0.1) is 20.8 Å². The highest BCUT2D eigenvalue weighted by Gasteiger charge is 2.19. The zero-order valence-corrected chi connectivity index (χ0v) is 16.8. The van der Waals surface area contributed by atoms with E-state index in [1.54, 1.807) is 11.3 Å². The van der Waals surface area contributed by atoms with E-state index < -0.39 is 0 Å². The van der Waals surface area contributed by atoms with Crippen molar-refractivity contribution in [1.82, 2.24) is 9.88 Å². The SMILES string of the molecule is Cc1cc(C)c(NC(=O)CN(C)[C@@H](C)c2nc3ccccc3s2)c(C)c1. The topological polar surface area (TPSA) is 45.2 Å². The van der Waals surface area contributed by atoms with E-state index in [1.165, 1.54) is 10.3 Å². The molecule has 0 unspecified atom stereocenters. The highest BCUT2D eigenvalue weighted by Crippen LogP contribution is 2.29. The molecule has 0 aliphatic heterocycles. The van der Waals surface area contributed by atoms with Crippen LogP contribution in [0.2, 0.25) is 0 Å². The fraction of sp³-hybridized carbons (Fsp3) is 0.333. The minimum atomic E-state index is -0.00415. The van der Waals surface area contributed by atoms with Gasteiger partial charge in [0, 0.05) is 5.69 Å². The van der Waals surface area contributed by atoms with Crippen molar-refractivity contribution >= 4 is 33.1 Å². The van der Waals surface area contributed by atoms with Crippen molar-refractivity contribution in [2.75, 3.05) is 18.9 Å². The molecular weight excluding hydrogens is 342 g/mol. The summed E-state index contributed by atoms with van der Waals surface area (Å²) in [5.41, 5.74) is 5.33. The molecule has 0 aliphatic rings. The molecule has 1 atom stereocenters. The van der Waals surface area contributed by atoms with E-state index in [-0.39, 0.29) is 11.9 Å². The van der Waals surface area contributed by atoms with E-state index in [0.29, 0.717) is 6.54 Å². The van der Waals surface area contributed by atoms with E-state index in [4.69, 9.17) is 4.98 Å². The number of rotatable bonds is 5. The number of amides is 1. The molecule has 0 saturated heterocycles. The van der Waals surface area contributed by atoms with Gasteiger partial charge in [0.05, 0.1) is 22.8 Å². The molecule has 3 aromatic rings. The number of likely N-dealkylation sites (N-methyl/N-ethyl adjacent to an activating group) is 1. The Hall–Kier alpha value is -2.24. The molecule has 1 aromatic heterocycles. The maximum atomic E-state index is 12.6. The quantitative estimate of drug-likeness (QED) is 0.701. The van der Waals surface area contributed by atoms with Gasteiger partial charge < -0.3 is 5.32 Å². The highest BCUT2D eigenvalue weighted by atomic mass is 32.1. The van der Waals surface area contributed by atoms with Crippen LogP contribution in [0.1, 0.15) is 34.7 Å². The van der Waals surface area contributed by atoms with Gasteiger partial charge in [0.15, 0.2) is 0 Å². The Bertz CT molecular complexity index is 891. The summed E-state index contributed by atoms with van der Waals surface area (Å²) in [5.74, 6) is -0.00415. The summed E-state index contributed by atoms with van der Waals surface area (Å²) in [6.07, 6.45) is 0. The normalized spacial score (nSPS) is 12.5. The first-order valence-electron chi connectivity index (χ1n) is 8.78. The molecule has 0 aliphatic carbocycles. The number of carbonyl (C=O) groups excluding carboxylic acids is 1. The van der Waals surface area contributed by atoms with Gasteiger partial charge in [-0.1, -0.05) is 29.8 Å². The van der Waals surface area contributed by atoms with E-state index in [2.05, 4.69) is 37.4 Å². The van der Waals surface area contributed by atoms with Gasteiger partial charge in [-0.05, 0) is 58.0 Å². The summed E-state index contributed by atoms with van der Waals surface area (Å²) in [4.78, 5) is 19.3. The minimum Gasteiger partial charge on any atom is -0.324 e. The summed E-state index contributed by atoms with van der Waals surface area (Å²) in [5, 5.41) is 4.10. The van der Waals surface area contributed by atoms with Gasteiger partial charge in [-0.2, -0.15) is 0 Å². The van der Waals surface area contributed by atoms with Crippen LogP contribution in [0.4, 0.5) is 5.69 Å². The van der Waals surface area contributed by atoms with E-state index in [0.717, 1.165) is 27.3 Å². The fourth-order valence-electron chi connectivity index (χ4n) is 3.18. The van der Waals surface area contributed by atoms with Gasteiger partial charge in [-0.3, -0.25) is 9.69 Å². The van der Waals surface area contributed by atoms with E-state index in [9.17, 15) is 4.79 Å². The smallest absolute Gasteiger partial charge is 0.238 e. The monoisotopic (exact) mass is 367 g/mol. The second-order valence-electron chi connectivity index (χ2n) is 6.93. The standard InChI is InChI=1S/C21H25N3OS/c1-13-10-14(2)20(15(3)11-13)23-19(25)12-24(5)16(4)21-22-17-8-6-7-9-18(17)26-21/h6-11,16H,12H2,1-5H3,(H,23,25)/t16-/m0/s1. The van der Waals surface area contributed by atoms with Crippen molar-refractivity contribution in [3.63, 3.8) is 0 Å². The number of aromatic nitrogens is 1. The molecule has 1 amide bonds. The molecule has 3 rings (SSSR count). The lowest BCUT2D eigenvalue weighted by Gasteiger charge is -2.23. The lowest BCUT2D eigenvalue weighted by Crippen LogP contribution is -2.32. The summed E-state index contributed by atoms with van der Waals surface area (Å²) in [7, 11) is 1.96. The zero-order chi connectivity index (χ0) is 18.8. The van der Waals surface area contributed by atoms with Crippen molar-refractivity contribution < 1.29 is 4.79 Å². The average Bonchev–Trinajstić information content (AvgIpc) is 3.01. The van der Waals surface area contributed by atoms with Gasteiger partial charge in [0.2, 0.25) is 5.91 Å². The van der Waals surface area contributed by atoms with Crippen LogP contribution in [0.25, 0.3) is 10.2 Å². The Morgan fingerprint density at radius 2 is 1.85 bits per heavy atom. The second kappa shape index (κ2) is 7.56. The number of fused-ring (bicyclic) bond motifs is 1. The molecule has 2 aromatic carbocycles. The third kappa shape index (κ3) is 3.94. The Balaban J connectivity index is 1.69. The molecule has 1 N–H and O–H groups in total. The van der Waals surface area contributed by atoms with Gasteiger partial charge in [-0.25, -0.2) is 4.98 Å². The van der Waals surface area contributed by atoms with Crippen LogP contribution in [0.15, 0.2) is 36.4 Å². The first-order valence-corrected chi connectivity index (χ1v) is 9.60. The van der Waals surface area contributed by atoms with E-state index >= 15 is 0 Å². The number of hydrogen-bond acceptors (Lipinski definition) is 4. The molecule has 5 heteroatoms. The van der Waals surface area contributed by atoms with Crippen molar-refractivity contribution in [2.24, 2.45) is 0 Å². The lowest BCUT2D eigenvalue weighted by atomic mass is 10.1. The second-order valence-corrected chi connectivity index (χ2v) is 8.00. The number of benzene rings is 2. The number of nitrogens with one attached hydrogen (secondary N) is 1. The van der Waals surface area contributed by atoms with Crippen LogP contribution in [-0.2, 0) is 4.79 Å². The van der Waals surface area contributed by atoms with Gasteiger partial charge >= 0.3 is 0 Å². The number of carbonyl (C=O) groups is 1. The number of para-hydroxylation sites is 1. The maximum absolute atomic E-state index is 12.6. The largest absolute Gasteiger partial charge is 0.324 e. The van der Waals surface area contributed by atoms with Crippen molar-refractivity contribution in [1.29, 1.82) is 0 Å². The lowest BCUT2D eigenvalue weighted by molar-refractivity contribution is -0.117.